The van der Waals surface area contributed by atoms with Gasteiger partial charge in [-0.05, 0) is 24.6 Å². The number of aliphatic hydroxyl groups excluding tert-OH is 2. The molecule has 0 saturated carbocycles. The third-order valence-corrected chi connectivity index (χ3v) is 4.64. The molecule has 0 aliphatic rings. The minimum Gasteiger partial charge on any atom is -0.508 e. The second-order valence-corrected chi connectivity index (χ2v) is 7.44. The summed E-state index contributed by atoms with van der Waals surface area (Å²) < 4.78 is 0. The Morgan fingerprint density at radius 2 is 1.38 bits per heavy atom. The number of amides is 3. The number of hydrogen-bond donors (Lipinski definition) is 9. The van der Waals surface area contributed by atoms with E-state index in [1.807, 2.05) is 0 Å². The van der Waals surface area contributed by atoms with Gasteiger partial charge >= 0.3 is 11.9 Å². The Labute approximate surface area is 193 Å². The van der Waals surface area contributed by atoms with Gasteiger partial charge in [-0.3, -0.25) is 19.2 Å². The molecule has 0 heterocycles. The number of phenols is 1. The summed E-state index contributed by atoms with van der Waals surface area (Å²) in [6.45, 7) is 0.284. The molecule has 1 aromatic carbocycles. The number of nitrogens with two attached hydrogens (primary N) is 1. The second kappa shape index (κ2) is 13.1. The first-order valence-corrected chi connectivity index (χ1v) is 10.0. The van der Waals surface area contributed by atoms with Crippen LogP contribution < -0.4 is 21.7 Å². The molecule has 14 heteroatoms. The second-order valence-electron chi connectivity index (χ2n) is 7.44. The molecule has 10 N–H and O–H groups in total. The monoisotopic (exact) mass is 484 g/mol. The summed E-state index contributed by atoms with van der Waals surface area (Å²) in [5.74, 6) is -6.24. The summed E-state index contributed by atoms with van der Waals surface area (Å²) in [6, 6.07) is -0.802. The van der Waals surface area contributed by atoms with Crippen molar-refractivity contribution in [3.05, 3.63) is 29.8 Å². The Hall–Kier alpha value is -3.75. The van der Waals surface area contributed by atoms with Crippen LogP contribution in [0.15, 0.2) is 24.3 Å². The first-order valence-electron chi connectivity index (χ1n) is 10.0. The Kier molecular flexibility index (Phi) is 10.9. The predicted octanol–water partition coefficient (Wildman–Crippen LogP) is -3.35. The van der Waals surface area contributed by atoms with E-state index in [1.165, 1.54) is 31.2 Å². The maximum absolute atomic E-state index is 12.6. The van der Waals surface area contributed by atoms with Crippen LogP contribution in [0.4, 0.5) is 0 Å². The Balaban J connectivity index is 2.94. The van der Waals surface area contributed by atoms with Gasteiger partial charge < -0.3 is 47.2 Å². The molecule has 0 aliphatic carbocycles. The van der Waals surface area contributed by atoms with Gasteiger partial charge in [0.2, 0.25) is 17.7 Å². The fourth-order valence-electron chi connectivity index (χ4n) is 2.68. The summed E-state index contributed by atoms with van der Waals surface area (Å²) in [5, 5.41) is 52.9. The summed E-state index contributed by atoms with van der Waals surface area (Å²) in [5.41, 5.74) is 5.89. The first kappa shape index (κ1) is 28.3. The van der Waals surface area contributed by atoms with Gasteiger partial charge in [-0.1, -0.05) is 12.1 Å². The fraction of sp³-hybridized carbons (Fsp3) is 0.450. The van der Waals surface area contributed by atoms with E-state index in [4.69, 9.17) is 10.8 Å². The van der Waals surface area contributed by atoms with Crippen LogP contribution in [-0.2, 0) is 30.4 Å². The van der Waals surface area contributed by atoms with Crippen LogP contribution in [0.25, 0.3) is 0 Å². The van der Waals surface area contributed by atoms with Gasteiger partial charge in [0, 0.05) is 6.42 Å². The number of rotatable bonds is 13. The van der Waals surface area contributed by atoms with Gasteiger partial charge in [-0.25, -0.2) is 4.79 Å². The lowest BCUT2D eigenvalue weighted by Crippen LogP contribution is -2.59. The van der Waals surface area contributed by atoms with E-state index in [9.17, 15) is 44.4 Å². The van der Waals surface area contributed by atoms with Crippen LogP contribution in [0.2, 0.25) is 0 Å². The Morgan fingerprint density at radius 1 is 0.882 bits per heavy atom. The molecular formula is C20H28N4O10. The van der Waals surface area contributed by atoms with Crippen molar-refractivity contribution in [1.29, 1.82) is 0 Å². The molecule has 1 aromatic rings. The number of benzene rings is 1. The third-order valence-electron chi connectivity index (χ3n) is 4.64. The highest BCUT2D eigenvalue weighted by molar-refractivity contribution is 5.95. The van der Waals surface area contributed by atoms with Gasteiger partial charge in [0.05, 0.1) is 19.1 Å². The number of aromatic hydroxyl groups is 1. The highest BCUT2D eigenvalue weighted by Gasteiger charge is 2.32. The lowest BCUT2D eigenvalue weighted by molar-refractivity contribution is -0.143. The zero-order valence-electron chi connectivity index (χ0n) is 18.2. The summed E-state index contributed by atoms with van der Waals surface area (Å²) in [6.07, 6.45) is -2.40. The molecule has 188 valence electrons. The average Bonchev–Trinajstić information content (AvgIpc) is 2.76. The maximum Gasteiger partial charge on any atom is 0.326 e. The third kappa shape index (κ3) is 9.01. The van der Waals surface area contributed by atoms with E-state index in [0.29, 0.717) is 5.56 Å². The van der Waals surface area contributed by atoms with Crippen LogP contribution in [0, 0.1) is 0 Å². The van der Waals surface area contributed by atoms with Gasteiger partial charge in [0.15, 0.2) is 0 Å². The summed E-state index contributed by atoms with van der Waals surface area (Å²) in [7, 11) is 0. The topological polar surface area (TPSA) is 249 Å². The van der Waals surface area contributed by atoms with Crippen molar-refractivity contribution >= 4 is 29.7 Å². The van der Waals surface area contributed by atoms with Crippen molar-refractivity contribution in [1.82, 2.24) is 16.0 Å². The van der Waals surface area contributed by atoms with Crippen molar-refractivity contribution in [3.63, 3.8) is 0 Å². The zero-order valence-corrected chi connectivity index (χ0v) is 18.2. The summed E-state index contributed by atoms with van der Waals surface area (Å²) in [4.78, 5) is 59.7. The molecule has 5 atom stereocenters. The van der Waals surface area contributed by atoms with Crippen molar-refractivity contribution in [2.45, 2.75) is 50.0 Å². The minimum atomic E-state index is -1.75. The average molecular weight is 484 g/mol. The molecule has 0 radical (unpaired) electrons. The Bertz CT molecular complexity index is 890. The highest BCUT2D eigenvalue weighted by Crippen LogP contribution is 2.12. The van der Waals surface area contributed by atoms with Crippen molar-refractivity contribution in [3.8, 4) is 5.75 Å². The van der Waals surface area contributed by atoms with E-state index in [-0.39, 0.29) is 12.2 Å². The lowest BCUT2D eigenvalue weighted by atomic mass is 10.0. The van der Waals surface area contributed by atoms with E-state index >= 15 is 0 Å². The predicted molar refractivity (Wildman–Crippen MR) is 114 cm³/mol. The molecule has 0 aliphatic heterocycles. The SMILES string of the molecule is CC(O)C(N)C(=O)NC(CO)C(=O)NC(CC(=O)O)C(=O)NC(Cc1ccc(O)cc1)C(=O)O. The number of aliphatic hydroxyl groups is 2. The molecule has 3 amide bonds. The van der Waals surface area contributed by atoms with Crippen molar-refractivity contribution in [2.75, 3.05) is 6.61 Å². The Morgan fingerprint density at radius 3 is 1.85 bits per heavy atom. The molecule has 34 heavy (non-hydrogen) atoms. The van der Waals surface area contributed by atoms with Crippen LogP contribution in [-0.4, -0.2) is 92.1 Å². The van der Waals surface area contributed by atoms with Crippen LogP contribution in [0.1, 0.15) is 18.9 Å². The van der Waals surface area contributed by atoms with E-state index in [0.717, 1.165) is 0 Å². The number of phenolic OH excluding ortho intramolecular Hbond substituents is 1. The molecule has 0 bridgehead atoms. The number of carboxylic acid groups (broad SMARTS) is 2. The number of aliphatic carboxylic acids is 2. The summed E-state index contributed by atoms with van der Waals surface area (Å²) >= 11 is 0. The maximum atomic E-state index is 12.6. The van der Waals surface area contributed by atoms with E-state index in [1.54, 1.807) is 0 Å². The molecule has 0 saturated heterocycles. The normalized spacial score (nSPS) is 15.2. The van der Waals surface area contributed by atoms with Gasteiger partial charge in [-0.15, -0.1) is 0 Å². The van der Waals surface area contributed by atoms with Crippen LogP contribution >= 0.6 is 0 Å². The largest absolute Gasteiger partial charge is 0.508 e. The van der Waals surface area contributed by atoms with Gasteiger partial charge in [-0.2, -0.15) is 0 Å². The quantitative estimate of drug-likeness (QED) is 0.134. The highest BCUT2D eigenvalue weighted by atomic mass is 16.4. The number of hydrogen-bond acceptors (Lipinski definition) is 9. The van der Waals surface area contributed by atoms with Crippen molar-refractivity contribution < 1.29 is 49.5 Å². The van der Waals surface area contributed by atoms with Crippen molar-refractivity contribution in [2.24, 2.45) is 5.73 Å². The minimum absolute atomic E-state index is 0.0520. The van der Waals surface area contributed by atoms with Crippen LogP contribution in [0.3, 0.4) is 0 Å². The number of carboxylic acids is 2. The fourth-order valence-corrected chi connectivity index (χ4v) is 2.68. The molecule has 1 rings (SSSR count). The molecule has 14 nitrogen and oxygen atoms in total. The molecule has 0 fully saturated rings. The standard InChI is InChI=1S/C20H28N4O10/c1-9(26)16(21)19(32)24-14(8-25)18(31)22-12(7-15(28)29)17(30)23-13(20(33)34)6-10-2-4-11(27)5-3-10/h2-5,9,12-14,16,25-27H,6-8,21H2,1H3,(H,22,31)(H,23,30)(H,24,32)(H,28,29)(H,33,34). The van der Waals surface area contributed by atoms with E-state index in [2.05, 4.69) is 16.0 Å². The van der Waals surface area contributed by atoms with E-state index < -0.39 is 73.0 Å². The first-order chi connectivity index (χ1) is 15.8. The van der Waals surface area contributed by atoms with Gasteiger partial charge in [0.25, 0.3) is 0 Å². The smallest absolute Gasteiger partial charge is 0.326 e. The number of carbonyl (C=O) groups excluding carboxylic acids is 3. The molecular weight excluding hydrogens is 456 g/mol. The number of carbonyl (C=O) groups is 5. The van der Waals surface area contributed by atoms with Gasteiger partial charge in [0.1, 0.15) is 29.9 Å². The zero-order chi connectivity index (χ0) is 26.0. The molecule has 0 aromatic heterocycles. The number of nitrogens with one attached hydrogen (secondary N) is 3. The van der Waals surface area contributed by atoms with Crippen LogP contribution in [0.5, 0.6) is 5.75 Å². The lowest BCUT2D eigenvalue weighted by Gasteiger charge is -2.24. The molecule has 0 spiro atoms. The molecule has 5 unspecified atom stereocenters.